The van der Waals surface area contributed by atoms with Gasteiger partial charge in [0.2, 0.25) is 0 Å². The third-order valence-corrected chi connectivity index (χ3v) is 5.45. The summed E-state index contributed by atoms with van der Waals surface area (Å²) in [4.78, 5) is 17.2. The summed E-state index contributed by atoms with van der Waals surface area (Å²) < 4.78 is 6.07. The van der Waals surface area contributed by atoms with E-state index in [1.54, 1.807) is 6.08 Å². The lowest BCUT2D eigenvalue weighted by Crippen LogP contribution is -2.19. The first-order chi connectivity index (χ1) is 15.8. The molecule has 0 aliphatic heterocycles. The molecule has 0 saturated heterocycles. The number of benzene rings is 3. The predicted octanol–water partition coefficient (Wildman–Crippen LogP) is 5.56. The number of ketones is 1. The van der Waals surface area contributed by atoms with Gasteiger partial charge in [0.1, 0.15) is 12.4 Å². The zero-order valence-electron chi connectivity index (χ0n) is 20.3. The number of rotatable bonds is 10. The van der Waals surface area contributed by atoms with Crippen molar-refractivity contribution in [2.45, 2.75) is 13.5 Å². The Morgan fingerprint density at radius 3 is 2.36 bits per heavy atom. The quantitative estimate of drug-likeness (QED) is 0.304. The molecule has 0 radical (unpaired) electrons. The van der Waals surface area contributed by atoms with Crippen LogP contribution in [0.25, 0.3) is 17.2 Å². The van der Waals surface area contributed by atoms with Crippen LogP contribution in [0.2, 0.25) is 0 Å². The normalized spacial score (nSPS) is 11.5. The maximum Gasteiger partial charge on any atom is 0.186 e. The lowest BCUT2D eigenvalue weighted by atomic mass is 9.97. The van der Waals surface area contributed by atoms with Crippen molar-refractivity contribution in [1.29, 1.82) is 0 Å². The highest BCUT2D eigenvalue weighted by atomic mass is 16.5. The third kappa shape index (κ3) is 6.88. The topological polar surface area (TPSA) is 32.8 Å². The summed E-state index contributed by atoms with van der Waals surface area (Å²) in [7, 11) is 8.06. The fourth-order valence-corrected chi connectivity index (χ4v) is 3.71. The highest BCUT2D eigenvalue weighted by molar-refractivity contribution is 6.08. The number of carbonyl (C=O) groups excluding carboxylic acids is 1. The van der Waals surface area contributed by atoms with Gasteiger partial charge in [0.05, 0.1) is 0 Å². The van der Waals surface area contributed by atoms with Crippen LogP contribution in [-0.4, -0.2) is 56.9 Å². The smallest absolute Gasteiger partial charge is 0.186 e. The first-order valence-electron chi connectivity index (χ1n) is 11.3. The molecule has 4 nitrogen and oxygen atoms in total. The largest absolute Gasteiger partial charge is 0.492 e. The average molecular weight is 443 g/mol. The molecule has 0 heterocycles. The number of carbonyl (C=O) groups is 1. The molecule has 3 rings (SSSR count). The van der Waals surface area contributed by atoms with Crippen LogP contribution in [0.4, 0.5) is 0 Å². The summed E-state index contributed by atoms with van der Waals surface area (Å²) in [5.74, 6) is 0.771. The van der Waals surface area contributed by atoms with Crippen LogP contribution in [0.1, 0.15) is 27.0 Å². The van der Waals surface area contributed by atoms with Gasteiger partial charge in [-0.25, -0.2) is 0 Å². The fraction of sp³-hybridized carbons (Fsp3) is 0.276. The van der Waals surface area contributed by atoms with Gasteiger partial charge >= 0.3 is 0 Å². The Balaban J connectivity index is 1.93. The molecular weight excluding hydrogens is 408 g/mol. The minimum absolute atomic E-state index is 0.00649. The van der Waals surface area contributed by atoms with Crippen LogP contribution in [0.15, 0.2) is 72.8 Å². The van der Waals surface area contributed by atoms with Gasteiger partial charge in [0.15, 0.2) is 5.78 Å². The van der Waals surface area contributed by atoms with Gasteiger partial charge < -0.3 is 14.5 Å². The van der Waals surface area contributed by atoms with Gasteiger partial charge in [-0.15, -0.1) is 0 Å². The monoisotopic (exact) mass is 442 g/mol. The van der Waals surface area contributed by atoms with Crippen molar-refractivity contribution >= 4 is 11.9 Å². The van der Waals surface area contributed by atoms with Crippen LogP contribution in [0, 0.1) is 6.92 Å². The second-order valence-electron chi connectivity index (χ2n) is 8.81. The van der Waals surface area contributed by atoms with E-state index in [0.717, 1.165) is 41.1 Å². The number of nitrogens with zero attached hydrogens (tertiary/aromatic N) is 2. The molecule has 0 spiro atoms. The molecule has 0 aromatic heterocycles. The standard InChI is InChI=1S/C29H34N2O2/c1-22-10-6-8-12-26(22)23-15-17-29(33-19-18-30(2)3)24(20-23)14-16-28(32)27-13-9-7-11-25(27)21-31(4)5/h6-17,20H,18-19,21H2,1-5H3/b16-14+. The number of likely N-dealkylation sites (N-methyl/N-ethyl adjacent to an activating group) is 1. The van der Waals surface area contributed by atoms with Gasteiger partial charge in [-0.3, -0.25) is 4.79 Å². The zero-order valence-corrected chi connectivity index (χ0v) is 20.3. The van der Waals surface area contributed by atoms with Gasteiger partial charge in [-0.1, -0.05) is 54.6 Å². The van der Waals surface area contributed by atoms with Crippen molar-refractivity contribution in [1.82, 2.24) is 9.80 Å². The van der Waals surface area contributed by atoms with Crippen molar-refractivity contribution in [3.8, 4) is 16.9 Å². The Bertz CT molecular complexity index is 1120. The summed E-state index contributed by atoms with van der Waals surface area (Å²) in [6.07, 6.45) is 3.53. The van der Waals surface area contributed by atoms with Crippen molar-refractivity contribution in [2.24, 2.45) is 0 Å². The average Bonchev–Trinajstić information content (AvgIpc) is 2.78. The van der Waals surface area contributed by atoms with Crippen molar-refractivity contribution in [3.63, 3.8) is 0 Å². The van der Waals surface area contributed by atoms with Crippen LogP contribution in [-0.2, 0) is 6.54 Å². The van der Waals surface area contributed by atoms with E-state index >= 15 is 0 Å². The van der Waals surface area contributed by atoms with E-state index in [0.29, 0.717) is 6.61 Å². The minimum Gasteiger partial charge on any atom is -0.492 e. The van der Waals surface area contributed by atoms with Gasteiger partial charge in [0.25, 0.3) is 0 Å². The molecule has 0 N–H and O–H groups in total. The second-order valence-corrected chi connectivity index (χ2v) is 8.81. The molecule has 0 aliphatic carbocycles. The summed E-state index contributed by atoms with van der Waals surface area (Å²) in [6, 6.07) is 22.3. The molecule has 0 unspecified atom stereocenters. The molecule has 0 atom stereocenters. The third-order valence-electron chi connectivity index (χ3n) is 5.45. The molecular formula is C29H34N2O2. The molecule has 172 valence electrons. The second kappa shape index (κ2) is 11.6. The maximum absolute atomic E-state index is 13.1. The first kappa shape index (κ1) is 24.4. The fourth-order valence-electron chi connectivity index (χ4n) is 3.71. The van der Waals surface area contributed by atoms with Crippen LogP contribution >= 0.6 is 0 Å². The van der Waals surface area contributed by atoms with E-state index in [4.69, 9.17) is 4.74 Å². The SMILES string of the molecule is Cc1ccccc1-c1ccc(OCCN(C)C)c(/C=C/C(=O)c2ccccc2CN(C)C)c1. The van der Waals surface area contributed by atoms with Crippen LogP contribution in [0.3, 0.4) is 0 Å². The zero-order chi connectivity index (χ0) is 23.8. The van der Waals surface area contributed by atoms with Gasteiger partial charge in [0, 0.05) is 24.2 Å². The molecule has 0 saturated carbocycles. The molecule has 33 heavy (non-hydrogen) atoms. The van der Waals surface area contributed by atoms with E-state index in [2.05, 4.69) is 41.0 Å². The van der Waals surface area contributed by atoms with E-state index in [1.165, 1.54) is 11.1 Å². The summed E-state index contributed by atoms with van der Waals surface area (Å²) in [5, 5.41) is 0. The van der Waals surface area contributed by atoms with Crippen LogP contribution in [0.5, 0.6) is 5.75 Å². The summed E-state index contributed by atoms with van der Waals surface area (Å²) >= 11 is 0. The molecule has 0 aliphatic rings. The molecule has 0 fully saturated rings. The Morgan fingerprint density at radius 1 is 0.909 bits per heavy atom. The van der Waals surface area contributed by atoms with E-state index in [1.807, 2.05) is 76.7 Å². The Kier molecular flexibility index (Phi) is 8.58. The number of aryl methyl sites for hydroxylation is 1. The molecule has 0 amide bonds. The molecule has 3 aromatic carbocycles. The van der Waals surface area contributed by atoms with E-state index in [9.17, 15) is 4.79 Å². The number of ether oxygens (including phenoxy) is 1. The van der Waals surface area contributed by atoms with Crippen molar-refractivity contribution in [3.05, 3.63) is 95.1 Å². The lowest BCUT2D eigenvalue weighted by molar-refractivity contribution is 0.104. The first-order valence-corrected chi connectivity index (χ1v) is 11.3. The highest BCUT2D eigenvalue weighted by Crippen LogP contribution is 2.30. The Hall–Kier alpha value is -3.21. The number of hydrogen-bond acceptors (Lipinski definition) is 4. The van der Waals surface area contributed by atoms with Crippen molar-refractivity contribution < 1.29 is 9.53 Å². The number of allylic oxidation sites excluding steroid dienone is 1. The molecule has 0 bridgehead atoms. The molecule has 4 heteroatoms. The minimum atomic E-state index is -0.00649. The predicted molar refractivity (Wildman–Crippen MR) is 138 cm³/mol. The van der Waals surface area contributed by atoms with Crippen molar-refractivity contribution in [2.75, 3.05) is 41.3 Å². The van der Waals surface area contributed by atoms with Crippen LogP contribution < -0.4 is 4.74 Å². The Labute approximate surface area is 198 Å². The van der Waals surface area contributed by atoms with E-state index < -0.39 is 0 Å². The van der Waals surface area contributed by atoms with Gasteiger partial charge in [-0.2, -0.15) is 0 Å². The highest BCUT2D eigenvalue weighted by Gasteiger charge is 2.11. The molecule has 3 aromatic rings. The van der Waals surface area contributed by atoms with E-state index in [-0.39, 0.29) is 5.78 Å². The maximum atomic E-state index is 13.1. The Morgan fingerprint density at radius 2 is 1.64 bits per heavy atom. The summed E-state index contributed by atoms with van der Waals surface area (Å²) in [5.41, 5.74) is 6.14. The number of hydrogen-bond donors (Lipinski definition) is 0. The summed E-state index contributed by atoms with van der Waals surface area (Å²) in [6.45, 7) is 4.23. The van der Waals surface area contributed by atoms with Gasteiger partial charge in [-0.05, 0) is 81.7 Å². The lowest BCUT2D eigenvalue weighted by Gasteiger charge is -2.15.